The second kappa shape index (κ2) is 5.36. The first-order chi connectivity index (χ1) is 8.93. The van der Waals surface area contributed by atoms with Gasteiger partial charge in [0.05, 0.1) is 6.61 Å². The van der Waals surface area contributed by atoms with Crippen LogP contribution >= 0.6 is 0 Å². The van der Waals surface area contributed by atoms with Crippen molar-refractivity contribution in [2.24, 2.45) is 0 Å². The molecule has 2 aliphatic carbocycles. The smallest absolute Gasteiger partial charge is 0.101 e. The minimum atomic E-state index is 0.144. The molecule has 1 aromatic rings. The highest BCUT2D eigenvalue weighted by Crippen LogP contribution is 2.31. The van der Waals surface area contributed by atoms with Gasteiger partial charge >= 0.3 is 0 Å². The van der Waals surface area contributed by atoms with E-state index in [1.165, 1.54) is 36.0 Å². The fourth-order valence-electron chi connectivity index (χ4n) is 2.59. The number of fused-ring (bicyclic) bond motifs is 1. The van der Waals surface area contributed by atoms with E-state index in [1.54, 1.807) is 0 Å². The molecule has 0 N–H and O–H groups in total. The third kappa shape index (κ3) is 2.46. The standard InChI is InChI=1S/C17H18O/c1-2-7-14(8-3-1)13-18-17-12-6-10-15-9-4-5-11-16(15)17/h1-3,6-8,10-12,17H,4-5,9,13H2. The third-order valence-corrected chi connectivity index (χ3v) is 3.55. The predicted molar refractivity (Wildman–Crippen MR) is 74.2 cm³/mol. The first-order valence-corrected chi connectivity index (χ1v) is 6.67. The molecule has 0 radical (unpaired) electrons. The zero-order valence-corrected chi connectivity index (χ0v) is 10.5. The Hall–Kier alpha value is -1.60. The lowest BCUT2D eigenvalue weighted by molar-refractivity contribution is 0.0942. The van der Waals surface area contributed by atoms with Crippen molar-refractivity contribution in [3.05, 3.63) is 71.3 Å². The summed E-state index contributed by atoms with van der Waals surface area (Å²) in [5, 5.41) is 0. The van der Waals surface area contributed by atoms with Crippen molar-refractivity contribution in [3.63, 3.8) is 0 Å². The molecular weight excluding hydrogens is 220 g/mol. The Morgan fingerprint density at radius 3 is 2.94 bits per heavy atom. The lowest BCUT2D eigenvalue weighted by Gasteiger charge is -2.26. The SMILES string of the molecule is C1=CC(OCc2ccccc2)C2=CCCCC2=C1. The summed E-state index contributed by atoms with van der Waals surface area (Å²) in [6.45, 7) is 0.681. The highest BCUT2D eigenvalue weighted by atomic mass is 16.5. The summed E-state index contributed by atoms with van der Waals surface area (Å²) < 4.78 is 6.04. The van der Waals surface area contributed by atoms with Crippen LogP contribution in [0.1, 0.15) is 24.8 Å². The van der Waals surface area contributed by atoms with E-state index in [0.29, 0.717) is 6.61 Å². The highest BCUT2D eigenvalue weighted by Gasteiger charge is 2.20. The minimum absolute atomic E-state index is 0.144. The molecule has 0 amide bonds. The van der Waals surface area contributed by atoms with Crippen LogP contribution in [0.2, 0.25) is 0 Å². The Labute approximate surface area is 108 Å². The maximum absolute atomic E-state index is 6.04. The molecule has 1 atom stereocenters. The summed E-state index contributed by atoms with van der Waals surface area (Å²) >= 11 is 0. The van der Waals surface area contributed by atoms with Crippen molar-refractivity contribution in [1.29, 1.82) is 0 Å². The van der Waals surface area contributed by atoms with E-state index in [4.69, 9.17) is 4.74 Å². The maximum Gasteiger partial charge on any atom is 0.101 e. The molecular formula is C17H18O. The van der Waals surface area contributed by atoms with E-state index in [1.807, 2.05) is 6.07 Å². The van der Waals surface area contributed by atoms with Gasteiger partial charge in [0.25, 0.3) is 0 Å². The normalized spacial score (nSPS) is 22.1. The Balaban J connectivity index is 1.68. The Morgan fingerprint density at radius 1 is 1.17 bits per heavy atom. The predicted octanol–water partition coefficient (Wildman–Crippen LogP) is 4.18. The molecule has 1 unspecified atom stereocenters. The molecule has 92 valence electrons. The van der Waals surface area contributed by atoms with E-state index in [2.05, 4.69) is 48.6 Å². The van der Waals surface area contributed by atoms with Gasteiger partial charge in [0.15, 0.2) is 0 Å². The first kappa shape index (κ1) is 11.5. The van der Waals surface area contributed by atoms with Gasteiger partial charge in [-0.25, -0.2) is 0 Å². The van der Waals surface area contributed by atoms with E-state index in [9.17, 15) is 0 Å². The van der Waals surface area contributed by atoms with Crippen LogP contribution < -0.4 is 0 Å². The van der Waals surface area contributed by atoms with Crippen LogP contribution in [0.4, 0.5) is 0 Å². The molecule has 18 heavy (non-hydrogen) atoms. The van der Waals surface area contributed by atoms with Crippen molar-refractivity contribution < 1.29 is 4.74 Å². The summed E-state index contributed by atoms with van der Waals surface area (Å²) in [7, 11) is 0. The number of rotatable bonds is 3. The van der Waals surface area contributed by atoms with Gasteiger partial charge in [0.2, 0.25) is 0 Å². The minimum Gasteiger partial charge on any atom is -0.365 e. The second-order valence-electron chi connectivity index (χ2n) is 4.85. The van der Waals surface area contributed by atoms with Gasteiger partial charge in [0.1, 0.15) is 6.10 Å². The molecule has 0 fully saturated rings. The molecule has 0 saturated carbocycles. The Morgan fingerprint density at radius 2 is 2.06 bits per heavy atom. The van der Waals surface area contributed by atoms with Crippen LogP contribution in [0.25, 0.3) is 0 Å². The van der Waals surface area contributed by atoms with Crippen LogP contribution in [0.3, 0.4) is 0 Å². The number of benzene rings is 1. The maximum atomic E-state index is 6.04. The van der Waals surface area contributed by atoms with Gasteiger partial charge in [-0.3, -0.25) is 0 Å². The molecule has 1 heteroatoms. The van der Waals surface area contributed by atoms with Crippen molar-refractivity contribution >= 4 is 0 Å². The largest absolute Gasteiger partial charge is 0.365 e. The van der Waals surface area contributed by atoms with E-state index in [0.717, 1.165) is 0 Å². The van der Waals surface area contributed by atoms with Gasteiger partial charge < -0.3 is 4.74 Å². The van der Waals surface area contributed by atoms with Gasteiger partial charge in [-0.15, -0.1) is 0 Å². The van der Waals surface area contributed by atoms with Crippen LogP contribution in [-0.4, -0.2) is 6.10 Å². The van der Waals surface area contributed by atoms with Gasteiger partial charge in [-0.05, 0) is 36.0 Å². The Bertz CT molecular complexity index is 494. The number of ether oxygens (including phenoxy) is 1. The third-order valence-electron chi connectivity index (χ3n) is 3.55. The van der Waals surface area contributed by atoms with Crippen molar-refractivity contribution in [3.8, 4) is 0 Å². The Kier molecular flexibility index (Phi) is 3.42. The number of allylic oxidation sites excluding steroid dienone is 3. The summed E-state index contributed by atoms with van der Waals surface area (Å²) in [6.07, 6.45) is 12.7. The molecule has 0 aromatic heterocycles. The fraction of sp³-hybridized carbons (Fsp3) is 0.294. The fourth-order valence-corrected chi connectivity index (χ4v) is 2.59. The van der Waals surface area contributed by atoms with Crippen LogP contribution in [0.15, 0.2) is 65.8 Å². The van der Waals surface area contributed by atoms with E-state index >= 15 is 0 Å². The number of hydrogen-bond donors (Lipinski definition) is 0. The molecule has 0 heterocycles. The molecule has 1 nitrogen and oxygen atoms in total. The molecule has 0 spiro atoms. The van der Waals surface area contributed by atoms with E-state index in [-0.39, 0.29) is 6.10 Å². The second-order valence-corrected chi connectivity index (χ2v) is 4.85. The summed E-state index contributed by atoms with van der Waals surface area (Å²) in [4.78, 5) is 0. The zero-order valence-electron chi connectivity index (χ0n) is 10.5. The van der Waals surface area contributed by atoms with Crippen LogP contribution in [-0.2, 0) is 11.3 Å². The topological polar surface area (TPSA) is 9.23 Å². The quantitative estimate of drug-likeness (QED) is 0.767. The lowest BCUT2D eigenvalue weighted by Crippen LogP contribution is -2.18. The average Bonchev–Trinajstić information content (AvgIpc) is 2.46. The van der Waals surface area contributed by atoms with E-state index < -0.39 is 0 Å². The van der Waals surface area contributed by atoms with Crippen LogP contribution in [0, 0.1) is 0 Å². The molecule has 0 saturated heterocycles. The summed E-state index contributed by atoms with van der Waals surface area (Å²) in [6, 6.07) is 10.4. The van der Waals surface area contributed by atoms with Gasteiger partial charge in [0, 0.05) is 0 Å². The van der Waals surface area contributed by atoms with Gasteiger partial charge in [-0.1, -0.05) is 54.6 Å². The molecule has 0 aliphatic heterocycles. The lowest BCUT2D eigenvalue weighted by atomic mass is 9.87. The van der Waals surface area contributed by atoms with Crippen molar-refractivity contribution in [2.75, 3.05) is 0 Å². The van der Waals surface area contributed by atoms with Crippen molar-refractivity contribution in [1.82, 2.24) is 0 Å². The first-order valence-electron chi connectivity index (χ1n) is 6.67. The summed E-state index contributed by atoms with van der Waals surface area (Å²) in [5.74, 6) is 0. The molecule has 3 rings (SSSR count). The molecule has 1 aromatic carbocycles. The van der Waals surface area contributed by atoms with Crippen LogP contribution in [0.5, 0.6) is 0 Å². The highest BCUT2D eigenvalue weighted by molar-refractivity contribution is 5.44. The average molecular weight is 238 g/mol. The molecule has 2 aliphatic rings. The molecule has 0 bridgehead atoms. The monoisotopic (exact) mass is 238 g/mol. The summed E-state index contributed by atoms with van der Waals surface area (Å²) in [5.41, 5.74) is 4.08. The van der Waals surface area contributed by atoms with Crippen molar-refractivity contribution in [2.45, 2.75) is 32.0 Å². The number of hydrogen-bond acceptors (Lipinski definition) is 1. The van der Waals surface area contributed by atoms with Gasteiger partial charge in [-0.2, -0.15) is 0 Å². The zero-order chi connectivity index (χ0) is 12.2.